The molecule has 0 unspecified atom stereocenters. The first-order valence-corrected chi connectivity index (χ1v) is 16.4. The van der Waals surface area contributed by atoms with Crippen LogP contribution in [-0.4, -0.2) is 50.9 Å². The quantitative estimate of drug-likeness (QED) is 0.254. The Morgan fingerprint density at radius 2 is 1.31 bits per heavy atom. The van der Waals surface area contributed by atoms with E-state index in [1.165, 1.54) is 10.4 Å². The molecule has 1 fully saturated rings. The average Bonchev–Trinajstić information content (AvgIpc) is 3.54. The van der Waals surface area contributed by atoms with Crippen molar-refractivity contribution in [3.63, 3.8) is 0 Å². The summed E-state index contributed by atoms with van der Waals surface area (Å²) in [4.78, 5) is 2.16. The van der Waals surface area contributed by atoms with Gasteiger partial charge in [-0.2, -0.15) is 0 Å². The first-order chi connectivity index (χ1) is 16.3. The Hall–Kier alpha value is -1.27. The maximum absolute atomic E-state index is 13.6. The van der Waals surface area contributed by atoms with Gasteiger partial charge in [-0.1, -0.05) is 81.4 Å². The lowest BCUT2D eigenvalue weighted by Gasteiger charge is -2.44. The van der Waals surface area contributed by atoms with Crippen LogP contribution >= 0.6 is 7.60 Å². The van der Waals surface area contributed by atoms with Gasteiger partial charge in [0.05, 0.1) is 18.8 Å². The van der Waals surface area contributed by atoms with Crippen LogP contribution in [0, 0.1) is 0 Å². The Labute approximate surface area is 213 Å². The van der Waals surface area contributed by atoms with Gasteiger partial charge in [-0.25, -0.2) is 0 Å². The summed E-state index contributed by atoms with van der Waals surface area (Å²) in [6, 6.07) is 21.4. The third kappa shape index (κ3) is 6.54. The lowest BCUT2D eigenvalue weighted by atomic mass is 10.2. The summed E-state index contributed by atoms with van der Waals surface area (Å²) in [6.07, 6.45) is 1.93. The molecule has 0 amide bonds. The van der Waals surface area contributed by atoms with Crippen LogP contribution in [0.4, 0.5) is 0 Å². The number of hydrogen-bond acceptors (Lipinski definition) is 5. The number of hydrogen-bond donors (Lipinski definition) is 0. The molecule has 1 aliphatic carbocycles. The summed E-state index contributed by atoms with van der Waals surface area (Å²) in [6.45, 7) is 15.1. The molecule has 0 bridgehead atoms. The zero-order valence-electron chi connectivity index (χ0n) is 22.8. The molecule has 1 saturated carbocycles. The van der Waals surface area contributed by atoms with Gasteiger partial charge in [0.15, 0.2) is 0 Å². The Balaban J connectivity index is 1.92. The van der Waals surface area contributed by atoms with Crippen LogP contribution in [0.1, 0.15) is 61.3 Å². The normalized spacial score (nSPS) is 16.3. The molecule has 2 aromatic carbocycles. The van der Waals surface area contributed by atoms with Crippen LogP contribution in [0.25, 0.3) is 0 Å². The van der Waals surface area contributed by atoms with E-state index in [-0.39, 0.29) is 29.1 Å². The first-order valence-electron chi connectivity index (χ1n) is 12.8. The second-order valence-electron chi connectivity index (χ2n) is 11.4. The van der Waals surface area contributed by atoms with Crippen molar-refractivity contribution < 1.29 is 18.0 Å². The Morgan fingerprint density at radius 1 is 0.886 bits per heavy atom. The topological polar surface area (TPSA) is 48.0 Å². The van der Waals surface area contributed by atoms with Crippen molar-refractivity contribution in [2.75, 3.05) is 19.9 Å². The van der Waals surface area contributed by atoms with Crippen LogP contribution in [0.15, 0.2) is 60.7 Å². The van der Waals surface area contributed by atoms with Crippen LogP contribution in [0.3, 0.4) is 0 Å². The fourth-order valence-electron chi connectivity index (χ4n) is 4.93. The number of rotatable bonds is 12. The lowest BCUT2D eigenvalue weighted by molar-refractivity contribution is 0.110. The summed E-state index contributed by atoms with van der Waals surface area (Å²) in [5.41, 5.74) is -0.163. The maximum Gasteiger partial charge on any atom is 0.345 e. The van der Waals surface area contributed by atoms with Gasteiger partial charge in [0.2, 0.25) is 0 Å². The van der Waals surface area contributed by atoms with Crippen molar-refractivity contribution in [2.45, 2.75) is 84.1 Å². The van der Waals surface area contributed by atoms with Crippen molar-refractivity contribution in [3.8, 4) is 0 Å². The van der Waals surface area contributed by atoms with Crippen LogP contribution in [-0.2, 0) is 18.0 Å². The Kier molecular flexibility index (Phi) is 8.89. The van der Waals surface area contributed by atoms with Crippen LogP contribution in [0.5, 0.6) is 0 Å². The van der Waals surface area contributed by atoms with E-state index in [1.807, 2.05) is 34.7 Å². The largest absolute Gasteiger partial charge is 0.406 e. The predicted molar refractivity (Wildman–Crippen MR) is 148 cm³/mol. The van der Waals surface area contributed by atoms with Gasteiger partial charge in [-0.15, -0.1) is 0 Å². The molecule has 0 radical (unpaired) electrons. The molecule has 0 N–H and O–H groups in total. The molecule has 2 aromatic rings. The van der Waals surface area contributed by atoms with Gasteiger partial charge in [0.1, 0.15) is 6.29 Å². The minimum absolute atomic E-state index is 0.0822. The zero-order valence-corrected chi connectivity index (χ0v) is 24.7. The van der Waals surface area contributed by atoms with E-state index in [0.29, 0.717) is 6.61 Å². The van der Waals surface area contributed by atoms with E-state index in [4.69, 9.17) is 13.5 Å². The third-order valence-electron chi connectivity index (χ3n) is 6.74. The Morgan fingerprint density at radius 3 is 1.66 bits per heavy atom. The second kappa shape index (κ2) is 11.0. The average molecular weight is 518 g/mol. The molecule has 194 valence electrons. The van der Waals surface area contributed by atoms with Gasteiger partial charge in [0, 0.05) is 5.54 Å². The smallest absolute Gasteiger partial charge is 0.345 e. The summed E-state index contributed by atoms with van der Waals surface area (Å²) < 4.78 is 32.5. The Bertz CT molecular complexity index is 934. The fraction of sp³-hybridized carbons (Fsp3) is 0.571. The molecule has 35 heavy (non-hydrogen) atoms. The number of benzene rings is 2. The van der Waals surface area contributed by atoms with Crippen molar-refractivity contribution in [2.24, 2.45) is 0 Å². The summed E-state index contributed by atoms with van der Waals surface area (Å²) >= 11 is 0. The molecule has 0 spiro atoms. The second-order valence-corrected chi connectivity index (χ2v) is 17.7. The monoisotopic (exact) mass is 517 g/mol. The van der Waals surface area contributed by atoms with Crippen LogP contribution in [0.2, 0.25) is 5.04 Å². The highest BCUT2D eigenvalue weighted by Gasteiger charge is 2.55. The molecule has 7 heteroatoms. The van der Waals surface area contributed by atoms with Gasteiger partial charge in [-0.05, 0) is 63.0 Å². The van der Waals surface area contributed by atoms with Crippen LogP contribution < -0.4 is 10.4 Å². The van der Waals surface area contributed by atoms with E-state index in [0.717, 1.165) is 12.8 Å². The molecule has 0 heterocycles. The minimum Gasteiger partial charge on any atom is -0.406 e. The van der Waals surface area contributed by atoms with Gasteiger partial charge >= 0.3 is 7.60 Å². The maximum atomic E-state index is 13.6. The lowest BCUT2D eigenvalue weighted by Crippen LogP contribution is -2.67. The minimum atomic E-state index is -3.28. The highest BCUT2D eigenvalue weighted by Crippen LogP contribution is 2.54. The SMILES string of the molecule is CC(C)OP(=O)(CN(C)C1(CO[Si](c2ccccc2)(c2ccccc2)C(C)(C)C)CC1)OC(C)C. The molecule has 0 aromatic heterocycles. The highest BCUT2D eigenvalue weighted by atomic mass is 31.2. The van der Waals surface area contributed by atoms with Crippen molar-refractivity contribution in [1.29, 1.82) is 0 Å². The van der Waals surface area contributed by atoms with E-state index in [2.05, 4.69) is 86.3 Å². The van der Waals surface area contributed by atoms with Gasteiger partial charge in [-0.3, -0.25) is 9.46 Å². The molecule has 0 aliphatic heterocycles. The van der Waals surface area contributed by atoms with Gasteiger partial charge < -0.3 is 13.5 Å². The summed E-state index contributed by atoms with van der Waals surface area (Å²) in [5.74, 6) is 0. The molecule has 1 aliphatic rings. The van der Waals surface area contributed by atoms with E-state index < -0.39 is 15.9 Å². The standard InChI is InChI=1S/C28H44NO4PSi/c1-23(2)32-34(30,33-24(3)4)22-29(8)28(19-20-28)21-31-35(27(5,6)7,25-15-11-9-12-16-25)26-17-13-10-14-18-26/h9-18,23-24H,19-22H2,1-8H3. The van der Waals surface area contributed by atoms with Crippen molar-refractivity contribution in [1.82, 2.24) is 4.90 Å². The predicted octanol–water partition coefficient (Wildman–Crippen LogP) is 6.03. The first kappa shape index (κ1) is 28.3. The van der Waals surface area contributed by atoms with Gasteiger partial charge in [0.25, 0.3) is 8.32 Å². The number of nitrogens with zero attached hydrogens (tertiary/aromatic N) is 1. The zero-order chi connectivity index (χ0) is 25.9. The molecular formula is C28H44NO4PSi. The molecule has 0 saturated heterocycles. The summed E-state index contributed by atoms with van der Waals surface area (Å²) in [7, 11) is -3.88. The summed E-state index contributed by atoms with van der Waals surface area (Å²) in [5, 5.41) is 2.46. The molecule has 5 nitrogen and oxygen atoms in total. The third-order valence-corrected chi connectivity index (χ3v) is 14.0. The van der Waals surface area contributed by atoms with E-state index >= 15 is 0 Å². The highest BCUT2D eigenvalue weighted by molar-refractivity contribution is 7.53. The fourth-order valence-corrected chi connectivity index (χ4v) is 11.9. The van der Waals surface area contributed by atoms with E-state index in [1.54, 1.807) is 0 Å². The van der Waals surface area contributed by atoms with Crippen molar-refractivity contribution in [3.05, 3.63) is 60.7 Å². The molecule has 3 rings (SSSR count). The molecule has 0 atom stereocenters. The van der Waals surface area contributed by atoms with Crippen molar-refractivity contribution >= 4 is 26.3 Å². The number of likely N-dealkylation sites (N-methyl/N-ethyl adjacent to an activating group) is 1. The molecular weight excluding hydrogens is 473 g/mol. The van der Waals surface area contributed by atoms with E-state index in [9.17, 15) is 4.57 Å².